The van der Waals surface area contributed by atoms with Gasteiger partial charge in [-0.2, -0.15) is 0 Å². The summed E-state index contributed by atoms with van der Waals surface area (Å²) < 4.78 is 0. The molecule has 1 N–H and O–H groups in total. The number of amides is 2. The molecule has 1 aromatic rings. The summed E-state index contributed by atoms with van der Waals surface area (Å²) in [6.45, 7) is 6.84. The van der Waals surface area contributed by atoms with Gasteiger partial charge in [0.25, 0.3) is 0 Å². The standard InChI is InChI=1S/C17H22Cl2N2O2/c1-11-5-4-6-21(10-11)16(23)17(2,3)15(22)20-14-8-12(18)7-13(19)9-14/h7-9,11H,4-6,10H2,1-3H3,(H,20,22). The molecule has 23 heavy (non-hydrogen) atoms. The Balaban J connectivity index is 2.11. The van der Waals surface area contributed by atoms with Gasteiger partial charge >= 0.3 is 0 Å². The van der Waals surface area contributed by atoms with Crippen molar-refractivity contribution in [2.24, 2.45) is 11.3 Å². The van der Waals surface area contributed by atoms with E-state index in [0.717, 1.165) is 12.8 Å². The van der Waals surface area contributed by atoms with Crippen LogP contribution >= 0.6 is 23.2 Å². The number of carbonyl (C=O) groups is 2. The van der Waals surface area contributed by atoms with Crippen LogP contribution in [0.25, 0.3) is 0 Å². The molecule has 0 spiro atoms. The molecule has 1 aliphatic heterocycles. The molecule has 1 atom stereocenters. The molecule has 1 fully saturated rings. The molecule has 0 aliphatic carbocycles. The summed E-state index contributed by atoms with van der Waals surface area (Å²) in [5.41, 5.74) is -0.661. The average molecular weight is 357 g/mol. The highest BCUT2D eigenvalue weighted by Gasteiger charge is 2.40. The molecule has 1 aromatic carbocycles. The van der Waals surface area contributed by atoms with Crippen molar-refractivity contribution in [1.29, 1.82) is 0 Å². The molecule has 0 radical (unpaired) electrons. The number of hydrogen-bond donors (Lipinski definition) is 1. The third-order valence-corrected chi connectivity index (χ3v) is 4.60. The number of hydrogen-bond acceptors (Lipinski definition) is 2. The lowest BCUT2D eigenvalue weighted by atomic mass is 9.88. The van der Waals surface area contributed by atoms with Gasteiger partial charge in [-0.3, -0.25) is 9.59 Å². The zero-order valence-electron chi connectivity index (χ0n) is 13.7. The van der Waals surface area contributed by atoms with Crippen molar-refractivity contribution in [3.63, 3.8) is 0 Å². The molecule has 1 unspecified atom stereocenters. The third kappa shape index (κ3) is 4.39. The van der Waals surface area contributed by atoms with Crippen molar-refractivity contribution in [3.8, 4) is 0 Å². The summed E-state index contributed by atoms with van der Waals surface area (Å²) in [6.07, 6.45) is 2.10. The highest BCUT2D eigenvalue weighted by Crippen LogP contribution is 2.27. The molecule has 0 bridgehead atoms. The van der Waals surface area contributed by atoms with E-state index >= 15 is 0 Å². The van der Waals surface area contributed by atoms with Crippen LogP contribution in [0, 0.1) is 11.3 Å². The van der Waals surface area contributed by atoms with Crippen molar-refractivity contribution < 1.29 is 9.59 Å². The Kier molecular flexibility index (Phi) is 5.58. The molecule has 1 saturated heterocycles. The normalized spacial score (nSPS) is 18.7. The molecule has 4 nitrogen and oxygen atoms in total. The zero-order chi connectivity index (χ0) is 17.2. The van der Waals surface area contributed by atoms with Gasteiger partial charge in [0.2, 0.25) is 11.8 Å². The minimum absolute atomic E-state index is 0.144. The van der Waals surface area contributed by atoms with E-state index < -0.39 is 5.41 Å². The van der Waals surface area contributed by atoms with Gasteiger partial charge in [-0.1, -0.05) is 30.1 Å². The summed E-state index contributed by atoms with van der Waals surface area (Å²) >= 11 is 11.9. The van der Waals surface area contributed by atoms with Crippen LogP contribution < -0.4 is 5.32 Å². The Morgan fingerprint density at radius 2 is 1.83 bits per heavy atom. The molecule has 2 rings (SSSR count). The first-order valence-corrected chi connectivity index (χ1v) is 8.52. The first-order chi connectivity index (χ1) is 10.7. The van der Waals surface area contributed by atoms with Crippen LogP contribution in [0.4, 0.5) is 5.69 Å². The first-order valence-electron chi connectivity index (χ1n) is 7.77. The molecule has 1 aliphatic rings. The summed E-state index contributed by atoms with van der Waals surface area (Å²) in [7, 11) is 0. The predicted molar refractivity (Wildman–Crippen MR) is 93.9 cm³/mol. The Hall–Kier alpha value is -1.26. The Morgan fingerprint density at radius 1 is 1.22 bits per heavy atom. The Bertz CT molecular complexity index is 596. The Morgan fingerprint density at radius 3 is 2.39 bits per heavy atom. The highest BCUT2D eigenvalue weighted by molar-refractivity contribution is 6.35. The van der Waals surface area contributed by atoms with E-state index in [2.05, 4.69) is 12.2 Å². The topological polar surface area (TPSA) is 49.4 Å². The van der Waals surface area contributed by atoms with Crippen LogP contribution in [0.2, 0.25) is 10.0 Å². The molecule has 1 heterocycles. The van der Waals surface area contributed by atoms with Gasteiger partial charge in [-0.05, 0) is 50.8 Å². The molecule has 6 heteroatoms. The van der Waals surface area contributed by atoms with Gasteiger partial charge < -0.3 is 10.2 Å². The van der Waals surface area contributed by atoms with E-state index in [-0.39, 0.29) is 11.8 Å². The molecule has 2 amide bonds. The molecular formula is C17H22Cl2N2O2. The number of carbonyl (C=O) groups excluding carboxylic acids is 2. The van der Waals surface area contributed by atoms with Crippen LogP contribution in [-0.4, -0.2) is 29.8 Å². The summed E-state index contributed by atoms with van der Waals surface area (Å²) in [5.74, 6) is -0.0352. The van der Waals surface area contributed by atoms with Crippen molar-refractivity contribution in [1.82, 2.24) is 4.90 Å². The number of rotatable bonds is 3. The van der Waals surface area contributed by atoms with Gasteiger partial charge in [0, 0.05) is 28.8 Å². The number of piperidine rings is 1. The van der Waals surface area contributed by atoms with Crippen molar-refractivity contribution >= 4 is 40.7 Å². The van der Waals surface area contributed by atoms with Gasteiger partial charge in [0.15, 0.2) is 0 Å². The zero-order valence-corrected chi connectivity index (χ0v) is 15.2. The average Bonchev–Trinajstić information content (AvgIpc) is 2.45. The van der Waals surface area contributed by atoms with E-state index in [4.69, 9.17) is 23.2 Å². The maximum Gasteiger partial charge on any atom is 0.239 e. The number of nitrogens with zero attached hydrogens (tertiary/aromatic N) is 1. The molecular weight excluding hydrogens is 335 g/mol. The number of halogens is 2. The van der Waals surface area contributed by atoms with E-state index in [9.17, 15) is 9.59 Å². The van der Waals surface area contributed by atoms with Crippen LogP contribution in [0.1, 0.15) is 33.6 Å². The lowest BCUT2D eigenvalue weighted by molar-refractivity contribution is -0.147. The largest absolute Gasteiger partial charge is 0.342 e. The second-order valence-electron chi connectivity index (χ2n) is 6.74. The van der Waals surface area contributed by atoms with Gasteiger partial charge in [0.1, 0.15) is 5.41 Å². The summed E-state index contributed by atoms with van der Waals surface area (Å²) in [6, 6.07) is 4.80. The van der Waals surface area contributed by atoms with Crippen LogP contribution in [-0.2, 0) is 9.59 Å². The second-order valence-corrected chi connectivity index (χ2v) is 7.61. The molecule has 0 saturated carbocycles. The van der Waals surface area contributed by atoms with Gasteiger partial charge in [-0.25, -0.2) is 0 Å². The van der Waals surface area contributed by atoms with E-state index in [1.807, 2.05) is 0 Å². The monoisotopic (exact) mass is 356 g/mol. The van der Waals surface area contributed by atoms with Gasteiger partial charge in [-0.15, -0.1) is 0 Å². The maximum atomic E-state index is 12.7. The van der Waals surface area contributed by atoms with E-state index in [1.54, 1.807) is 36.9 Å². The minimum Gasteiger partial charge on any atom is -0.342 e. The fourth-order valence-electron chi connectivity index (χ4n) is 2.78. The lowest BCUT2D eigenvalue weighted by Crippen LogP contribution is -2.50. The van der Waals surface area contributed by atoms with Crippen LogP contribution in [0.15, 0.2) is 18.2 Å². The SMILES string of the molecule is CC1CCCN(C(=O)C(C)(C)C(=O)Nc2cc(Cl)cc(Cl)c2)C1. The van der Waals surface area contributed by atoms with Crippen molar-refractivity contribution in [2.45, 2.75) is 33.6 Å². The Labute approximate surface area is 147 Å². The number of nitrogens with one attached hydrogen (secondary N) is 1. The predicted octanol–water partition coefficient (Wildman–Crippen LogP) is 4.22. The summed E-state index contributed by atoms with van der Waals surface area (Å²) in [5, 5.41) is 3.60. The first kappa shape index (κ1) is 18.1. The second kappa shape index (κ2) is 7.10. The smallest absolute Gasteiger partial charge is 0.239 e. The third-order valence-electron chi connectivity index (χ3n) is 4.17. The van der Waals surface area contributed by atoms with E-state index in [0.29, 0.717) is 34.7 Å². The lowest BCUT2D eigenvalue weighted by Gasteiger charge is -2.36. The quantitative estimate of drug-likeness (QED) is 0.824. The van der Waals surface area contributed by atoms with E-state index in [1.165, 1.54) is 0 Å². The van der Waals surface area contributed by atoms with Crippen molar-refractivity contribution in [3.05, 3.63) is 28.2 Å². The number of likely N-dealkylation sites (tertiary alicyclic amines) is 1. The van der Waals surface area contributed by atoms with Crippen molar-refractivity contribution in [2.75, 3.05) is 18.4 Å². The number of anilines is 1. The fourth-order valence-corrected chi connectivity index (χ4v) is 3.31. The minimum atomic E-state index is -1.15. The van der Waals surface area contributed by atoms with Gasteiger partial charge in [0.05, 0.1) is 0 Å². The summed E-state index contributed by atoms with van der Waals surface area (Å²) in [4.78, 5) is 27.1. The molecule has 126 valence electrons. The van der Waals surface area contributed by atoms with Crippen LogP contribution in [0.3, 0.4) is 0 Å². The van der Waals surface area contributed by atoms with Crippen LogP contribution in [0.5, 0.6) is 0 Å². The maximum absolute atomic E-state index is 12.7. The number of benzene rings is 1. The fraction of sp³-hybridized carbons (Fsp3) is 0.529. The molecule has 0 aromatic heterocycles. The highest BCUT2D eigenvalue weighted by atomic mass is 35.5.